The van der Waals surface area contributed by atoms with E-state index < -0.39 is 0 Å². The van der Waals surface area contributed by atoms with Crippen molar-refractivity contribution in [2.24, 2.45) is 0 Å². The van der Waals surface area contributed by atoms with E-state index in [1.807, 2.05) is 18.2 Å². The van der Waals surface area contributed by atoms with Crippen molar-refractivity contribution in [2.45, 2.75) is 12.8 Å². The summed E-state index contributed by atoms with van der Waals surface area (Å²) in [5.41, 5.74) is 7.96. The highest BCUT2D eigenvalue weighted by atomic mass is 35.5. The van der Waals surface area contributed by atoms with Gasteiger partial charge in [0.2, 0.25) is 5.91 Å². The summed E-state index contributed by atoms with van der Waals surface area (Å²) in [5, 5.41) is 2.89. The molecule has 0 saturated heterocycles. The molecule has 0 spiro atoms. The van der Waals surface area contributed by atoms with Crippen LogP contribution < -0.4 is 20.5 Å². The molecule has 24 heavy (non-hydrogen) atoms. The molecule has 1 amide bonds. The van der Waals surface area contributed by atoms with Crippen molar-refractivity contribution in [1.82, 2.24) is 10.3 Å². The number of hydrogen-bond acceptors (Lipinski definition) is 5. The van der Waals surface area contributed by atoms with Gasteiger partial charge in [0.25, 0.3) is 0 Å². The van der Waals surface area contributed by atoms with Gasteiger partial charge in [-0.25, -0.2) is 0 Å². The first-order valence-corrected chi connectivity index (χ1v) is 7.56. The fourth-order valence-electron chi connectivity index (χ4n) is 2.36. The number of nitrogens with one attached hydrogen (secondary N) is 1. The summed E-state index contributed by atoms with van der Waals surface area (Å²) < 4.78 is 11.0. The minimum Gasteiger partial charge on any atom is -0.486 e. The van der Waals surface area contributed by atoms with Crippen LogP contribution in [0.5, 0.6) is 11.5 Å². The van der Waals surface area contributed by atoms with Gasteiger partial charge in [-0.1, -0.05) is 6.07 Å². The van der Waals surface area contributed by atoms with Crippen LogP contribution in [0, 0.1) is 0 Å². The molecule has 1 aromatic carbocycles. The SMILES string of the molecule is Cl.Nc1ccc(CC(=O)NCCc2ccc3c(c2)OCCO3)nc1. The molecule has 0 saturated carbocycles. The van der Waals surface area contributed by atoms with E-state index in [4.69, 9.17) is 15.2 Å². The van der Waals surface area contributed by atoms with Crippen LogP contribution in [0.4, 0.5) is 5.69 Å². The molecule has 0 radical (unpaired) electrons. The van der Waals surface area contributed by atoms with Gasteiger partial charge in [-0.3, -0.25) is 9.78 Å². The van der Waals surface area contributed by atoms with Gasteiger partial charge < -0.3 is 20.5 Å². The van der Waals surface area contributed by atoms with E-state index in [0.717, 1.165) is 23.5 Å². The van der Waals surface area contributed by atoms with Crippen molar-refractivity contribution in [2.75, 3.05) is 25.5 Å². The Morgan fingerprint density at radius 3 is 2.71 bits per heavy atom. The molecule has 0 aliphatic carbocycles. The van der Waals surface area contributed by atoms with Crippen molar-refractivity contribution < 1.29 is 14.3 Å². The van der Waals surface area contributed by atoms with Crippen molar-refractivity contribution >= 4 is 24.0 Å². The molecule has 1 aromatic heterocycles. The highest BCUT2D eigenvalue weighted by Gasteiger charge is 2.11. The zero-order chi connectivity index (χ0) is 16.1. The molecule has 3 N–H and O–H groups in total. The van der Waals surface area contributed by atoms with Gasteiger partial charge in [0, 0.05) is 12.2 Å². The lowest BCUT2D eigenvalue weighted by Gasteiger charge is -2.18. The zero-order valence-corrected chi connectivity index (χ0v) is 14.0. The third-order valence-electron chi connectivity index (χ3n) is 3.53. The monoisotopic (exact) mass is 349 g/mol. The Balaban J connectivity index is 0.00000208. The molecule has 1 aliphatic rings. The Morgan fingerprint density at radius 1 is 1.17 bits per heavy atom. The summed E-state index contributed by atoms with van der Waals surface area (Å²) in [7, 11) is 0. The van der Waals surface area contributed by atoms with Gasteiger partial charge in [0.05, 0.1) is 18.3 Å². The van der Waals surface area contributed by atoms with Crippen LogP contribution in [-0.2, 0) is 17.6 Å². The van der Waals surface area contributed by atoms with Gasteiger partial charge in [0.15, 0.2) is 11.5 Å². The summed E-state index contributed by atoms with van der Waals surface area (Å²) in [5.74, 6) is 1.49. The Kier molecular flexibility index (Phi) is 6.26. The van der Waals surface area contributed by atoms with Crippen molar-refractivity contribution in [3.63, 3.8) is 0 Å². The Hall–Kier alpha value is -2.47. The lowest BCUT2D eigenvalue weighted by Crippen LogP contribution is -2.27. The zero-order valence-electron chi connectivity index (χ0n) is 13.2. The molecule has 7 heteroatoms. The summed E-state index contributed by atoms with van der Waals surface area (Å²) in [6, 6.07) is 9.36. The predicted molar refractivity (Wildman–Crippen MR) is 93.7 cm³/mol. The Morgan fingerprint density at radius 2 is 1.96 bits per heavy atom. The van der Waals surface area contributed by atoms with Crippen molar-refractivity contribution in [3.05, 3.63) is 47.8 Å². The maximum absolute atomic E-state index is 11.9. The first-order valence-electron chi connectivity index (χ1n) is 7.56. The first-order chi connectivity index (χ1) is 11.2. The number of nitrogen functional groups attached to an aromatic ring is 1. The van der Waals surface area contributed by atoms with E-state index in [9.17, 15) is 4.79 Å². The van der Waals surface area contributed by atoms with Crippen LogP contribution in [0.15, 0.2) is 36.5 Å². The van der Waals surface area contributed by atoms with E-state index in [1.165, 1.54) is 0 Å². The molecule has 3 rings (SSSR count). The minimum atomic E-state index is -0.0557. The molecule has 128 valence electrons. The lowest BCUT2D eigenvalue weighted by atomic mass is 10.1. The number of carbonyl (C=O) groups is 1. The molecule has 0 unspecified atom stereocenters. The van der Waals surface area contributed by atoms with Crippen LogP contribution in [0.25, 0.3) is 0 Å². The molecule has 2 aromatic rings. The molecule has 2 heterocycles. The average Bonchev–Trinajstić information content (AvgIpc) is 2.57. The number of ether oxygens (including phenoxy) is 2. The normalized spacial score (nSPS) is 12.2. The number of carbonyl (C=O) groups excluding carboxylic acids is 1. The lowest BCUT2D eigenvalue weighted by molar-refractivity contribution is -0.120. The second-order valence-electron chi connectivity index (χ2n) is 5.34. The van der Waals surface area contributed by atoms with E-state index in [0.29, 0.717) is 31.1 Å². The maximum Gasteiger partial charge on any atom is 0.226 e. The smallest absolute Gasteiger partial charge is 0.226 e. The standard InChI is InChI=1S/C17H19N3O3.ClH/c18-13-2-3-14(20-11-13)10-17(21)19-6-5-12-1-4-15-16(9-12)23-8-7-22-15;/h1-4,9,11H,5-8,10,18H2,(H,19,21);1H. The van der Waals surface area contributed by atoms with E-state index in [2.05, 4.69) is 10.3 Å². The molecule has 0 atom stereocenters. The molecule has 0 fully saturated rings. The Labute approximate surface area is 146 Å². The van der Waals surface area contributed by atoms with Crippen LogP contribution in [-0.4, -0.2) is 30.6 Å². The fourth-order valence-corrected chi connectivity index (χ4v) is 2.36. The third-order valence-corrected chi connectivity index (χ3v) is 3.53. The van der Waals surface area contributed by atoms with E-state index in [1.54, 1.807) is 18.3 Å². The van der Waals surface area contributed by atoms with Gasteiger partial charge in [0.1, 0.15) is 13.2 Å². The number of aromatic nitrogens is 1. The highest BCUT2D eigenvalue weighted by Crippen LogP contribution is 2.30. The topological polar surface area (TPSA) is 86.5 Å². The molecular weight excluding hydrogens is 330 g/mol. The number of nitrogens with zero attached hydrogens (tertiary/aromatic N) is 1. The highest BCUT2D eigenvalue weighted by molar-refractivity contribution is 5.85. The van der Waals surface area contributed by atoms with Gasteiger partial charge in [-0.2, -0.15) is 0 Å². The number of amides is 1. The Bertz CT molecular complexity index is 692. The number of fused-ring (bicyclic) bond motifs is 1. The van der Waals surface area contributed by atoms with Gasteiger partial charge >= 0.3 is 0 Å². The summed E-state index contributed by atoms with van der Waals surface area (Å²) in [6.45, 7) is 1.72. The molecular formula is C17H20ClN3O3. The van der Waals surface area contributed by atoms with E-state index in [-0.39, 0.29) is 24.7 Å². The van der Waals surface area contributed by atoms with Crippen molar-refractivity contribution in [1.29, 1.82) is 0 Å². The van der Waals surface area contributed by atoms with Crippen LogP contribution >= 0.6 is 12.4 Å². The minimum absolute atomic E-state index is 0. The number of pyridine rings is 1. The summed E-state index contributed by atoms with van der Waals surface area (Å²) >= 11 is 0. The number of hydrogen-bond donors (Lipinski definition) is 2. The van der Waals surface area contributed by atoms with Gasteiger partial charge in [-0.15, -0.1) is 12.4 Å². The average molecular weight is 350 g/mol. The predicted octanol–water partition coefficient (Wildman–Crippen LogP) is 1.76. The number of rotatable bonds is 5. The number of halogens is 1. The van der Waals surface area contributed by atoms with E-state index >= 15 is 0 Å². The molecule has 0 bridgehead atoms. The quantitative estimate of drug-likeness (QED) is 0.859. The molecule has 1 aliphatic heterocycles. The van der Waals surface area contributed by atoms with Crippen molar-refractivity contribution in [3.8, 4) is 11.5 Å². The van der Waals surface area contributed by atoms with Crippen LogP contribution in [0.2, 0.25) is 0 Å². The number of benzene rings is 1. The third kappa shape index (κ3) is 4.76. The molecule has 6 nitrogen and oxygen atoms in total. The van der Waals surface area contributed by atoms with Crippen LogP contribution in [0.1, 0.15) is 11.3 Å². The largest absolute Gasteiger partial charge is 0.486 e. The second-order valence-corrected chi connectivity index (χ2v) is 5.34. The summed E-state index contributed by atoms with van der Waals surface area (Å²) in [6.07, 6.45) is 2.54. The number of anilines is 1. The second kappa shape index (κ2) is 8.40. The maximum atomic E-state index is 11.9. The number of nitrogens with two attached hydrogens (primary N) is 1. The fraction of sp³-hybridized carbons (Fsp3) is 0.294. The first kappa shape index (κ1) is 17.9. The summed E-state index contributed by atoms with van der Waals surface area (Å²) in [4.78, 5) is 16.0. The van der Waals surface area contributed by atoms with Crippen LogP contribution in [0.3, 0.4) is 0 Å². The van der Waals surface area contributed by atoms with Gasteiger partial charge in [-0.05, 0) is 36.2 Å².